The maximum atomic E-state index is 2.72. The van der Waals surface area contributed by atoms with Gasteiger partial charge in [0, 0.05) is 25.5 Å². The highest BCUT2D eigenvalue weighted by Gasteiger charge is 2.24. The van der Waals surface area contributed by atoms with Crippen LogP contribution in [0.1, 0.15) is 239 Å². The van der Waals surface area contributed by atoms with Gasteiger partial charge in [-0.25, -0.2) is 0 Å². The molecule has 1 unspecified atom stereocenters. The standard InChI is InChI=1S/C42H84N2/c1-4-7-10-13-16-18-20-22-24-26-28-30-33-36-39-44-41-40-43(38-35-32-15-12-9-6-3)42(44)37-34-31-29-27-25-23-21-19-17-14-11-8-5-2/h40-42H,4-39H2,1-3H3. The Balaban J connectivity index is 2.16. The highest BCUT2D eigenvalue weighted by atomic mass is 15.4. The lowest BCUT2D eigenvalue weighted by Crippen LogP contribution is -2.39. The molecule has 0 saturated carbocycles. The highest BCUT2D eigenvalue weighted by Crippen LogP contribution is 2.24. The van der Waals surface area contributed by atoms with Crippen molar-refractivity contribution < 1.29 is 0 Å². The van der Waals surface area contributed by atoms with Crippen LogP contribution in [0, 0.1) is 0 Å². The predicted octanol–water partition coefficient (Wildman–Crippen LogP) is 14.7. The van der Waals surface area contributed by atoms with Crippen molar-refractivity contribution >= 4 is 0 Å². The van der Waals surface area contributed by atoms with Gasteiger partial charge in [0.2, 0.25) is 0 Å². The molecule has 2 nitrogen and oxygen atoms in total. The lowest BCUT2D eigenvalue weighted by molar-refractivity contribution is 0.135. The molecule has 1 atom stereocenters. The maximum absolute atomic E-state index is 2.72. The van der Waals surface area contributed by atoms with Crippen LogP contribution in [0.15, 0.2) is 12.4 Å². The van der Waals surface area contributed by atoms with Crippen molar-refractivity contribution in [3.63, 3.8) is 0 Å². The third kappa shape index (κ3) is 25.5. The van der Waals surface area contributed by atoms with Crippen molar-refractivity contribution in [3.05, 3.63) is 12.4 Å². The molecule has 0 saturated heterocycles. The second-order valence-electron chi connectivity index (χ2n) is 14.6. The summed E-state index contributed by atoms with van der Waals surface area (Å²) in [6, 6.07) is 0. The van der Waals surface area contributed by atoms with Crippen LogP contribution in [0.3, 0.4) is 0 Å². The second-order valence-corrected chi connectivity index (χ2v) is 14.6. The number of nitrogens with zero attached hydrogens (tertiary/aromatic N) is 2. The smallest absolute Gasteiger partial charge is 0.101 e. The summed E-state index contributed by atoms with van der Waals surface area (Å²) in [7, 11) is 0. The quantitative estimate of drug-likeness (QED) is 0.0646. The van der Waals surface area contributed by atoms with E-state index < -0.39 is 0 Å². The van der Waals surface area contributed by atoms with Gasteiger partial charge in [0.25, 0.3) is 0 Å². The van der Waals surface area contributed by atoms with Gasteiger partial charge in [-0.2, -0.15) is 0 Å². The van der Waals surface area contributed by atoms with Crippen molar-refractivity contribution in [1.29, 1.82) is 0 Å². The van der Waals surface area contributed by atoms with E-state index >= 15 is 0 Å². The van der Waals surface area contributed by atoms with Crippen LogP contribution in [0.2, 0.25) is 0 Å². The molecule has 0 aromatic rings. The lowest BCUT2D eigenvalue weighted by Gasteiger charge is -2.33. The Morgan fingerprint density at radius 2 is 0.523 bits per heavy atom. The van der Waals surface area contributed by atoms with E-state index in [2.05, 4.69) is 43.0 Å². The average molecular weight is 617 g/mol. The minimum atomic E-state index is 0.639. The number of rotatable bonds is 36. The average Bonchev–Trinajstić information content (AvgIpc) is 3.42. The molecule has 1 aliphatic rings. The van der Waals surface area contributed by atoms with Gasteiger partial charge < -0.3 is 9.80 Å². The van der Waals surface area contributed by atoms with Crippen molar-refractivity contribution in [3.8, 4) is 0 Å². The Bertz CT molecular complexity index is 572. The minimum Gasteiger partial charge on any atom is -0.356 e. The van der Waals surface area contributed by atoms with Crippen LogP contribution in [0.4, 0.5) is 0 Å². The fourth-order valence-corrected chi connectivity index (χ4v) is 7.25. The molecule has 0 spiro atoms. The molecule has 2 heteroatoms. The molecular formula is C42H84N2. The lowest BCUT2D eigenvalue weighted by atomic mass is 10.0. The van der Waals surface area contributed by atoms with Crippen LogP contribution in [0.5, 0.6) is 0 Å². The molecule has 0 amide bonds. The van der Waals surface area contributed by atoms with E-state index in [1.165, 1.54) is 231 Å². The monoisotopic (exact) mass is 617 g/mol. The van der Waals surface area contributed by atoms with Gasteiger partial charge in [0.1, 0.15) is 6.17 Å². The molecule has 0 aliphatic carbocycles. The van der Waals surface area contributed by atoms with Crippen molar-refractivity contribution in [1.82, 2.24) is 9.80 Å². The third-order valence-electron chi connectivity index (χ3n) is 10.3. The van der Waals surface area contributed by atoms with Crippen molar-refractivity contribution in [2.75, 3.05) is 13.1 Å². The molecule has 44 heavy (non-hydrogen) atoms. The van der Waals surface area contributed by atoms with Gasteiger partial charge in [-0.1, -0.05) is 213 Å². The van der Waals surface area contributed by atoms with Crippen LogP contribution in [-0.4, -0.2) is 29.1 Å². The van der Waals surface area contributed by atoms with E-state index in [0.29, 0.717) is 6.17 Å². The Labute approximate surface area is 280 Å². The van der Waals surface area contributed by atoms with E-state index in [1.807, 2.05) is 0 Å². The van der Waals surface area contributed by atoms with E-state index in [9.17, 15) is 0 Å². The van der Waals surface area contributed by atoms with Gasteiger partial charge in [-0.05, 0) is 25.7 Å². The summed E-state index contributed by atoms with van der Waals surface area (Å²) in [5.74, 6) is 0. The molecule has 0 radical (unpaired) electrons. The van der Waals surface area contributed by atoms with Gasteiger partial charge >= 0.3 is 0 Å². The van der Waals surface area contributed by atoms with Crippen LogP contribution in [-0.2, 0) is 0 Å². The molecular weight excluding hydrogens is 532 g/mol. The molecule has 0 aromatic heterocycles. The summed E-state index contributed by atoms with van der Waals surface area (Å²) in [6.07, 6.45) is 54.4. The Hall–Kier alpha value is -0.660. The Kier molecular flexibility index (Phi) is 31.7. The molecule has 1 rings (SSSR count). The Morgan fingerprint density at radius 3 is 0.795 bits per heavy atom. The van der Waals surface area contributed by atoms with Crippen LogP contribution < -0.4 is 0 Å². The number of hydrogen-bond donors (Lipinski definition) is 0. The van der Waals surface area contributed by atoms with E-state index in [-0.39, 0.29) is 0 Å². The predicted molar refractivity (Wildman–Crippen MR) is 200 cm³/mol. The van der Waals surface area contributed by atoms with Crippen molar-refractivity contribution in [2.45, 2.75) is 245 Å². The molecule has 1 heterocycles. The number of unbranched alkanes of at least 4 members (excludes halogenated alkanes) is 30. The summed E-state index contributed by atoms with van der Waals surface area (Å²) in [5, 5.41) is 0. The normalized spacial score (nSPS) is 14.8. The zero-order valence-corrected chi connectivity index (χ0v) is 31.1. The summed E-state index contributed by atoms with van der Waals surface area (Å²) in [5.41, 5.74) is 0. The van der Waals surface area contributed by atoms with E-state index in [1.54, 1.807) is 0 Å². The van der Waals surface area contributed by atoms with Crippen molar-refractivity contribution in [2.24, 2.45) is 0 Å². The molecule has 262 valence electrons. The molecule has 0 N–H and O–H groups in total. The van der Waals surface area contributed by atoms with Gasteiger partial charge in [-0.15, -0.1) is 0 Å². The maximum Gasteiger partial charge on any atom is 0.101 e. The third-order valence-corrected chi connectivity index (χ3v) is 10.3. The molecule has 0 bridgehead atoms. The zero-order chi connectivity index (χ0) is 31.6. The Morgan fingerprint density at radius 1 is 0.295 bits per heavy atom. The largest absolute Gasteiger partial charge is 0.356 e. The summed E-state index contributed by atoms with van der Waals surface area (Å²) >= 11 is 0. The molecule has 0 fully saturated rings. The van der Waals surface area contributed by atoms with E-state index in [0.717, 1.165) is 0 Å². The SMILES string of the molecule is CCCCCCCCCCCCCCCCN1C=CN(CCCCCCCC)C1CCCCCCCCCCCCCCC. The summed E-state index contributed by atoms with van der Waals surface area (Å²) in [4.78, 5) is 5.43. The fourth-order valence-electron chi connectivity index (χ4n) is 7.25. The molecule has 1 aliphatic heterocycles. The summed E-state index contributed by atoms with van der Waals surface area (Å²) < 4.78 is 0. The zero-order valence-electron chi connectivity index (χ0n) is 31.1. The van der Waals surface area contributed by atoms with E-state index in [4.69, 9.17) is 0 Å². The van der Waals surface area contributed by atoms with Crippen LogP contribution >= 0.6 is 0 Å². The number of hydrogen-bond acceptors (Lipinski definition) is 2. The fraction of sp³-hybridized carbons (Fsp3) is 0.952. The topological polar surface area (TPSA) is 6.48 Å². The highest BCUT2D eigenvalue weighted by molar-refractivity contribution is 4.97. The van der Waals surface area contributed by atoms with Gasteiger partial charge in [0.15, 0.2) is 0 Å². The summed E-state index contributed by atoms with van der Waals surface area (Å²) in [6.45, 7) is 9.48. The first-order valence-electron chi connectivity index (χ1n) is 21.0. The first-order chi connectivity index (χ1) is 21.8. The molecule has 0 aromatic carbocycles. The minimum absolute atomic E-state index is 0.639. The second kappa shape index (κ2) is 33.7. The van der Waals surface area contributed by atoms with Gasteiger partial charge in [0.05, 0.1) is 0 Å². The first-order valence-corrected chi connectivity index (χ1v) is 21.0. The first kappa shape index (κ1) is 41.4. The van der Waals surface area contributed by atoms with Crippen LogP contribution in [0.25, 0.3) is 0 Å². The van der Waals surface area contributed by atoms with Gasteiger partial charge in [-0.3, -0.25) is 0 Å².